The Bertz CT molecular complexity index is 235. The lowest BCUT2D eigenvalue weighted by molar-refractivity contribution is 0.475. The molecule has 1 nitrogen and oxygen atoms in total. The van der Waals surface area contributed by atoms with Crippen molar-refractivity contribution < 1.29 is 5.11 Å². The number of halogens is 3. The predicted molar refractivity (Wildman–Crippen MR) is 50.8 cm³/mol. The zero-order valence-electron chi connectivity index (χ0n) is 4.74. The fraction of sp³-hybridized carbons (Fsp3) is 0. The van der Waals surface area contributed by atoms with E-state index in [1.807, 2.05) is 22.6 Å². The third kappa shape index (κ3) is 1.49. The molecule has 0 fully saturated rings. The van der Waals surface area contributed by atoms with E-state index in [-0.39, 0.29) is 10.8 Å². The molecule has 0 aliphatic carbocycles. The molecule has 0 aliphatic heterocycles. The van der Waals surface area contributed by atoms with Gasteiger partial charge < -0.3 is 5.11 Å². The first-order chi connectivity index (χ1) is 4.63. The minimum absolute atomic E-state index is 0.0461. The van der Waals surface area contributed by atoms with Crippen LogP contribution < -0.4 is 0 Å². The molecule has 0 atom stereocenters. The highest BCUT2D eigenvalue weighted by Crippen LogP contribution is 2.34. The van der Waals surface area contributed by atoms with Crippen LogP contribution in [0.25, 0.3) is 0 Å². The van der Waals surface area contributed by atoms with E-state index in [2.05, 4.69) is 0 Å². The molecular formula is C6H3Cl2IO. The highest BCUT2D eigenvalue weighted by atomic mass is 127. The summed E-state index contributed by atoms with van der Waals surface area (Å²) in [6.45, 7) is 0. The molecule has 0 amide bonds. The minimum Gasteiger partial charge on any atom is -0.505 e. The number of benzene rings is 1. The van der Waals surface area contributed by atoms with Crippen LogP contribution in [0.2, 0.25) is 10.0 Å². The maximum Gasteiger partial charge on any atom is 0.153 e. The Morgan fingerprint density at radius 2 is 1.90 bits per heavy atom. The van der Waals surface area contributed by atoms with Crippen molar-refractivity contribution in [3.63, 3.8) is 0 Å². The zero-order chi connectivity index (χ0) is 7.72. The van der Waals surface area contributed by atoms with Crippen LogP contribution in [0.3, 0.4) is 0 Å². The highest BCUT2D eigenvalue weighted by Gasteiger charge is 2.05. The van der Waals surface area contributed by atoms with Gasteiger partial charge in [0, 0.05) is 3.57 Å². The summed E-state index contributed by atoms with van der Waals surface area (Å²) >= 11 is 13.2. The average Bonchev–Trinajstić information content (AvgIpc) is 1.93. The Balaban J connectivity index is 3.34. The summed E-state index contributed by atoms with van der Waals surface area (Å²) in [5.74, 6) is -0.0461. The third-order valence-electron chi connectivity index (χ3n) is 1.02. The second kappa shape index (κ2) is 3.15. The summed E-state index contributed by atoms with van der Waals surface area (Å²) in [4.78, 5) is 0. The largest absolute Gasteiger partial charge is 0.505 e. The maximum atomic E-state index is 9.12. The van der Waals surface area contributed by atoms with Gasteiger partial charge in [-0.3, -0.25) is 0 Å². The van der Waals surface area contributed by atoms with Crippen LogP contribution in [0, 0.1) is 3.57 Å². The van der Waals surface area contributed by atoms with Gasteiger partial charge >= 0.3 is 0 Å². The van der Waals surface area contributed by atoms with Crippen molar-refractivity contribution in [1.82, 2.24) is 0 Å². The SMILES string of the molecule is Oc1c(Cl)ccc(I)c1Cl. The van der Waals surface area contributed by atoms with Gasteiger partial charge in [0.05, 0.1) is 10.0 Å². The van der Waals surface area contributed by atoms with Crippen LogP contribution in [-0.2, 0) is 0 Å². The molecule has 1 aromatic carbocycles. The molecule has 0 spiro atoms. The quantitative estimate of drug-likeness (QED) is 0.574. The molecule has 4 heteroatoms. The average molecular weight is 289 g/mol. The minimum atomic E-state index is -0.0461. The normalized spacial score (nSPS) is 9.90. The van der Waals surface area contributed by atoms with Crippen LogP contribution in [0.5, 0.6) is 5.75 Å². The van der Waals surface area contributed by atoms with Gasteiger partial charge in [-0.2, -0.15) is 0 Å². The number of phenolic OH excluding ortho intramolecular Hbond substituents is 1. The van der Waals surface area contributed by atoms with E-state index in [9.17, 15) is 0 Å². The predicted octanol–water partition coefficient (Wildman–Crippen LogP) is 3.30. The summed E-state index contributed by atoms with van der Waals surface area (Å²) in [6, 6.07) is 3.34. The van der Waals surface area contributed by atoms with Crippen LogP contribution in [0.1, 0.15) is 0 Å². The molecule has 1 N–H and O–H groups in total. The van der Waals surface area contributed by atoms with Crippen molar-refractivity contribution >= 4 is 45.8 Å². The van der Waals surface area contributed by atoms with E-state index in [1.54, 1.807) is 12.1 Å². The summed E-state index contributed by atoms with van der Waals surface area (Å²) in [5, 5.41) is 9.71. The van der Waals surface area contributed by atoms with E-state index in [0.717, 1.165) is 3.57 Å². The fourth-order valence-electron chi connectivity index (χ4n) is 0.516. The molecule has 0 saturated heterocycles. The van der Waals surface area contributed by atoms with Crippen LogP contribution in [0.4, 0.5) is 0 Å². The van der Waals surface area contributed by atoms with E-state index in [0.29, 0.717) is 5.02 Å². The molecule has 0 aromatic heterocycles. The maximum absolute atomic E-state index is 9.12. The number of phenols is 1. The van der Waals surface area contributed by atoms with Crippen LogP contribution >= 0.6 is 45.8 Å². The smallest absolute Gasteiger partial charge is 0.153 e. The lowest BCUT2D eigenvalue weighted by atomic mass is 10.3. The van der Waals surface area contributed by atoms with Gasteiger partial charge in [-0.15, -0.1) is 0 Å². The second-order valence-electron chi connectivity index (χ2n) is 1.69. The van der Waals surface area contributed by atoms with Crippen molar-refractivity contribution in [1.29, 1.82) is 0 Å². The Labute approximate surface area is 82.1 Å². The first kappa shape index (κ1) is 8.43. The summed E-state index contributed by atoms with van der Waals surface area (Å²) < 4.78 is 0.793. The molecule has 0 unspecified atom stereocenters. The second-order valence-corrected chi connectivity index (χ2v) is 3.64. The zero-order valence-corrected chi connectivity index (χ0v) is 8.41. The van der Waals surface area contributed by atoms with E-state index >= 15 is 0 Å². The van der Waals surface area contributed by atoms with E-state index in [1.165, 1.54) is 0 Å². The number of aromatic hydroxyl groups is 1. The standard InChI is InChI=1S/C6H3Cl2IO/c7-3-1-2-4(9)5(8)6(3)10/h1-2,10H. The molecule has 10 heavy (non-hydrogen) atoms. The van der Waals surface area contributed by atoms with Crippen molar-refractivity contribution in [3.05, 3.63) is 25.7 Å². The van der Waals surface area contributed by atoms with Gasteiger partial charge in [-0.1, -0.05) is 23.2 Å². The number of rotatable bonds is 0. The Morgan fingerprint density at radius 1 is 1.30 bits per heavy atom. The van der Waals surface area contributed by atoms with Gasteiger partial charge in [0.15, 0.2) is 5.75 Å². The molecule has 0 saturated carbocycles. The molecule has 0 heterocycles. The molecule has 0 radical (unpaired) electrons. The lowest BCUT2D eigenvalue weighted by Crippen LogP contribution is -1.75. The van der Waals surface area contributed by atoms with Gasteiger partial charge in [-0.25, -0.2) is 0 Å². The highest BCUT2D eigenvalue weighted by molar-refractivity contribution is 14.1. The molecule has 0 bridgehead atoms. The molecular weight excluding hydrogens is 286 g/mol. The van der Waals surface area contributed by atoms with Gasteiger partial charge in [0.2, 0.25) is 0 Å². The van der Waals surface area contributed by atoms with Gasteiger partial charge in [-0.05, 0) is 34.7 Å². The van der Waals surface area contributed by atoms with Crippen molar-refractivity contribution in [2.24, 2.45) is 0 Å². The van der Waals surface area contributed by atoms with Crippen molar-refractivity contribution in [2.75, 3.05) is 0 Å². The first-order valence-electron chi connectivity index (χ1n) is 2.45. The summed E-state index contributed by atoms with van der Waals surface area (Å²) in [7, 11) is 0. The van der Waals surface area contributed by atoms with Crippen LogP contribution in [-0.4, -0.2) is 5.11 Å². The van der Waals surface area contributed by atoms with E-state index < -0.39 is 0 Å². The fourth-order valence-corrected chi connectivity index (χ4v) is 1.32. The summed E-state index contributed by atoms with van der Waals surface area (Å²) in [5.41, 5.74) is 0. The topological polar surface area (TPSA) is 20.2 Å². The Hall–Kier alpha value is 0.330. The molecule has 1 rings (SSSR count). The van der Waals surface area contributed by atoms with Gasteiger partial charge in [0.1, 0.15) is 0 Å². The van der Waals surface area contributed by atoms with Crippen molar-refractivity contribution in [2.45, 2.75) is 0 Å². The van der Waals surface area contributed by atoms with E-state index in [4.69, 9.17) is 28.3 Å². The lowest BCUT2D eigenvalue weighted by Gasteiger charge is -1.99. The van der Waals surface area contributed by atoms with Crippen LogP contribution in [0.15, 0.2) is 12.1 Å². The number of hydrogen-bond acceptors (Lipinski definition) is 1. The molecule has 1 aromatic rings. The summed E-state index contributed by atoms with van der Waals surface area (Å²) in [6.07, 6.45) is 0. The van der Waals surface area contributed by atoms with Gasteiger partial charge in [0.25, 0.3) is 0 Å². The molecule has 0 aliphatic rings. The Kier molecular flexibility index (Phi) is 2.66. The first-order valence-corrected chi connectivity index (χ1v) is 4.29. The third-order valence-corrected chi connectivity index (χ3v) is 2.93. The van der Waals surface area contributed by atoms with Crippen molar-refractivity contribution in [3.8, 4) is 5.75 Å². The molecule has 54 valence electrons. The monoisotopic (exact) mass is 288 g/mol. The number of hydrogen-bond donors (Lipinski definition) is 1. The Morgan fingerprint density at radius 3 is 2.40 bits per heavy atom.